The molecule has 1 aliphatic rings. The highest BCUT2D eigenvalue weighted by Crippen LogP contribution is 2.31. The molecule has 0 spiro atoms. The molecule has 2 aromatic rings. The van der Waals surface area contributed by atoms with Crippen LogP contribution < -0.4 is 5.32 Å². The van der Waals surface area contributed by atoms with Gasteiger partial charge in [0.25, 0.3) is 0 Å². The van der Waals surface area contributed by atoms with Gasteiger partial charge in [-0.1, -0.05) is 54.1 Å². The third-order valence-electron chi connectivity index (χ3n) is 4.13. The molecule has 2 nitrogen and oxygen atoms in total. The van der Waals surface area contributed by atoms with E-state index in [4.69, 9.17) is 11.6 Å². The van der Waals surface area contributed by atoms with Crippen LogP contribution >= 0.6 is 11.6 Å². The molecule has 2 atom stereocenters. The van der Waals surface area contributed by atoms with Crippen molar-refractivity contribution in [3.8, 4) is 11.1 Å². The summed E-state index contributed by atoms with van der Waals surface area (Å²) in [5.41, 5.74) is 3.36. The first kappa shape index (κ1) is 14.9. The van der Waals surface area contributed by atoms with E-state index in [9.17, 15) is 4.79 Å². The smallest absolute Gasteiger partial charge is 0.223 e. The number of carbonyl (C=O) groups excluding carboxylic acids is 1. The van der Waals surface area contributed by atoms with E-state index in [2.05, 4.69) is 36.2 Å². The van der Waals surface area contributed by atoms with Gasteiger partial charge in [0.15, 0.2) is 0 Å². The average Bonchev–Trinajstić information content (AvgIpc) is 2.89. The van der Waals surface area contributed by atoms with Crippen LogP contribution in [0.15, 0.2) is 61.2 Å². The van der Waals surface area contributed by atoms with Gasteiger partial charge in [-0.15, -0.1) is 6.58 Å². The highest BCUT2D eigenvalue weighted by Gasteiger charge is 2.31. The highest BCUT2D eigenvalue weighted by molar-refractivity contribution is 6.30. The Morgan fingerprint density at radius 2 is 1.95 bits per heavy atom. The van der Waals surface area contributed by atoms with Crippen LogP contribution in [0.1, 0.15) is 24.4 Å². The molecular formula is C19H18ClNO. The third-order valence-corrected chi connectivity index (χ3v) is 4.36. The summed E-state index contributed by atoms with van der Waals surface area (Å²) in [5.74, 6) is 0.180. The van der Waals surface area contributed by atoms with Gasteiger partial charge in [-0.3, -0.25) is 4.79 Å². The predicted octanol–water partition coefficient (Wildman–Crippen LogP) is 4.76. The number of carbonyl (C=O) groups is 1. The van der Waals surface area contributed by atoms with Crippen molar-refractivity contribution in [2.24, 2.45) is 5.92 Å². The molecule has 1 heterocycles. The molecule has 1 aliphatic heterocycles. The van der Waals surface area contributed by atoms with E-state index in [1.807, 2.05) is 30.3 Å². The lowest BCUT2D eigenvalue weighted by Crippen LogP contribution is -2.21. The standard InChI is InChI=1S/C19H18ClNO/c1-2-4-16-12-18(21-19(16)22)14-9-7-13(8-10-14)15-5-3-6-17(20)11-15/h2-3,5-11,16,18H,1,4,12H2,(H,21,22). The van der Waals surface area contributed by atoms with Crippen LogP contribution in [0.4, 0.5) is 0 Å². The average molecular weight is 312 g/mol. The van der Waals surface area contributed by atoms with Crippen molar-refractivity contribution in [1.82, 2.24) is 5.32 Å². The van der Waals surface area contributed by atoms with Crippen LogP contribution in [0, 0.1) is 5.92 Å². The number of rotatable bonds is 4. The van der Waals surface area contributed by atoms with Crippen molar-refractivity contribution in [3.63, 3.8) is 0 Å². The Hall–Kier alpha value is -2.06. The van der Waals surface area contributed by atoms with E-state index in [1.54, 1.807) is 0 Å². The Labute approximate surface area is 135 Å². The Morgan fingerprint density at radius 3 is 2.64 bits per heavy atom. The lowest BCUT2D eigenvalue weighted by Gasteiger charge is -2.11. The fourth-order valence-corrected chi connectivity index (χ4v) is 3.13. The van der Waals surface area contributed by atoms with Crippen molar-refractivity contribution in [3.05, 3.63) is 71.8 Å². The Morgan fingerprint density at radius 1 is 1.18 bits per heavy atom. The molecule has 22 heavy (non-hydrogen) atoms. The van der Waals surface area contributed by atoms with Gasteiger partial charge in [0.2, 0.25) is 5.91 Å². The van der Waals surface area contributed by atoms with Crippen LogP contribution in [0.5, 0.6) is 0 Å². The van der Waals surface area contributed by atoms with Gasteiger partial charge in [0, 0.05) is 10.9 Å². The predicted molar refractivity (Wildman–Crippen MR) is 90.7 cm³/mol. The monoisotopic (exact) mass is 311 g/mol. The molecule has 2 aromatic carbocycles. The molecule has 0 radical (unpaired) electrons. The molecule has 0 saturated carbocycles. The summed E-state index contributed by atoms with van der Waals surface area (Å²) >= 11 is 6.04. The Bertz CT molecular complexity index is 693. The number of benzene rings is 2. The molecule has 1 fully saturated rings. The van der Waals surface area contributed by atoms with Crippen molar-refractivity contribution < 1.29 is 4.79 Å². The maximum Gasteiger partial charge on any atom is 0.223 e. The number of hydrogen-bond acceptors (Lipinski definition) is 1. The summed E-state index contributed by atoms with van der Waals surface area (Å²) in [6.07, 6.45) is 3.39. The molecule has 2 unspecified atom stereocenters. The van der Waals surface area contributed by atoms with Gasteiger partial charge in [-0.05, 0) is 41.7 Å². The topological polar surface area (TPSA) is 29.1 Å². The molecule has 112 valence electrons. The first-order valence-corrected chi connectivity index (χ1v) is 7.82. The molecule has 3 rings (SSSR count). The lowest BCUT2D eigenvalue weighted by atomic mass is 9.96. The van der Waals surface area contributed by atoms with Gasteiger partial charge in [-0.2, -0.15) is 0 Å². The third kappa shape index (κ3) is 3.07. The van der Waals surface area contributed by atoms with Crippen LogP contribution in [0.3, 0.4) is 0 Å². The molecular weight excluding hydrogens is 294 g/mol. The first-order chi connectivity index (χ1) is 10.7. The highest BCUT2D eigenvalue weighted by atomic mass is 35.5. The largest absolute Gasteiger partial charge is 0.349 e. The summed E-state index contributed by atoms with van der Waals surface area (Å²) in [4.78, 5) is 11.9. The summed E-state index contributed by atoms with van der Waals surface area (Å²) in [7, 11) is 0. The second kappa shape index (κ2) is 6.37. The van der Waals surface area contributed by atoms with Crippen molar-refractivity contribution >= 4 is 17.5 Å². The van der Waals surface area contributed by atoms with Gasteiger partial charge < -0.3 is 5.32 Å². The molecule has 0 aliphatic carbocycles. The van der Waals surface area contributed by atoms with Crippen LogP contribution in [0.2, 0.25) is 5.02 Å². The maximum atomic E-state index is 11.9. The number of halogens is 1. The van der Waals surface area contributed by atoms with Crippen LogP contribution in [-0.2, 0) is 4.79 Å². The lowest BCUT2D eigenvalue weighted by molar-refractivity contribution is -0.122. The number of allylic oxidation sites excluding steroid dienone is 1. The second-order valence-electron chi connectivity index (χ2n) is 5.65. The molecule has 0 bridgehead atoms. The van der Waals surface area contributed by atoms with Gasteiger partial charge in [0.1, 0.15) is 0 Å². The number of amides is 1. The van der Waals surface area contributed by atoms with Crippen molar-refractivity contribution in [2.45, 2.75) is 18.9 Å². The van der Waals surface area contributed by atoms with Gasteiger partial charge in [0.05, 0.1) is 6.04 Å². The first-order valence-electron chi connectivity index (χ1n) is 7.44. The van der Waals surface area contributed by atoms with Crippen molar-refractivity contribution in [1.29, 1.82) is 0 Å². The molecule has 1 amide bonds. The normalized spacial score (nSPS) is 20.7. The molecule has 1 N–H and O–H groups in total. The second-order valence-corrected chi connectivity index (χ2v) is 6.09. The fraction of sp³-hybridized carbons (Fsp3) is 0.211. The Balaban J connectivity index is 1.78. The van der Waals surface area contributed by atoms with Crippen molar-refractivity contribution in [2.75, 3.05) is 0 Å². The maximum absolute atomic E-state index is 11.9. The van der Waals surface area contributed by atoms with E-state index in [-0.39, 0.29) is 17.9 Å². The van der Waals surface area contributed by atoms with Gasteiger partial charge in [-0.25, -0.2) is 0 Å². The summed E-state index contributed by atoms with van der Waals surface area (Å²) < 4.78 is 0. The molecule has 1 saturated heterocycles. The quantitative estimate of drug-likeness (QED) is 0.810. The van der Waals surface area contributed by atoms with E-state index < -0.39 is 0 Å². The zero-order valence-corrected chi connectivity index (χ0v) is 13.0. The number of nitrogens with one attached hydrogen (secondary N) is 1. The van der Waals surface area contributed by atoms with E-state index >= 15 is 0 Å². The van der Waals surface area contributed by atoms with Crippen LogP contribution in [0.25, 0.3) is 11.1 Å². The minimum atomic E-state index is 0.0510. The van der Waals surface area contributed by atoms with E-state index in [0.29, 0.717) is 0 Å². The van der Waals surface area contributed by atoms with Gasteiger partial charge >= 0.3 is 0 Å². The summed E-state index contributed by atoms with van der Waals surface area (Å²) in [5, 5.41) is 3.80. The minimum absolute atomic E-state index is 0.0510. The SMILES string of the molecule is C=CCC1CC(c2ccc(-c3cccc(Cl)c3)cc2)NC1=O. The molecule has 3 heteroatoms. The Kier molecular flexibility index (Phi) is 4.30. The molecule has 0 aromatic heterocycles. The zero-order chi connectivity index (χ0) is 15.5. The zero-order valence-electron chi connectivity index (χ0n) is 12.3. The van der Waals surface area contributed by atoms with Crippen LogP contribution in [-0.4, -0.2) is 5.91 Å². The fourth-order valence-electron chi connectivity index (χ4n) is 2.94. The van der Waals surface area contributed by atoms with E-state index in [1.165, 1.54) is 0 Å². The number of hydrogen-bond donors (Lipinski definition) is 1. The summed E-state index contributed by atoms with van der Waals surface area (Å²) in [6, 6.07) is 16.2. The van der Waals surface area contributed by atoms with E-state index in [0.717, 1.165) is 34.6 Å². The minimum Gasteiger partial charge on any atom is -0.349 e. The summed E-state index contributed by atoms with van der Waals surface area (Å²) in [6.45, 7) is 3.72.